The number of hydrogen-bond donors (Lipinski definition) is 3. The molecular weight excluding hydrogens is 504 g/mol. The fourth-order valence-electron chi connectivity index (χ4n) is 12.2. The maximum atomic E-state index is 13.0. The number of hydrogen-bond acceptors (Lipinski definition) is 9. The van der Waals surface area contributed by atoms with Gasteiger partial charge in [-0.15, -0.1) is 0 Å². The average Bonchev–Trinajstić information content (AvgIpc) is 3.70. The summed E-state index contributed by atoms with van der Waals surface area (Å²) in [7, 11) is 0. The van der Waals surface area contributed by atoms with E-state index in [9.17, 15) is 24.9 Å². The summed E-state index contributed by atoms with van der Waals surface area (Å²) in [4.78, 5) is 25.6. The second-order valence-electron chi connectivity index (χ2n) is 15.4. The van der Waals surface area contributed by atoms with Gasteiger partial charge in [0.05, 0.1) is 29.3 Å². The minimum Gasteiger partial charge on any atom is -0.462 e. The first-order valence-corrected chi connectivity index (χ1v) is 14.9. The van der Waals surface area contributed by atoms with Crippen molar-refractivity contribution in [2.24, 2.45) is 51.8 Å². The lowest BCUT2D eigenvalue weighted by atomic mass is 9.41. The Morgan fingerprint density at radius 3 is 2.38 bits per heavy atom. The molecule has 0 radical (unpaired) electrons. The van der Waals surface area contributed by atoms with E-state index in [1.807, 2.05) is 6.92 Å². The average molecular weight is 547 g/mol. The number of ether oxygens (including phenoxy) is 4. The van der Waals surface area contributed by atoms with Crippen LogP contribution in [0, 0.1) is 51.8 Å². The molecule has 8 rings (SSSR count). The number of epoxide rings is 2. The van der Waals surface area contributed by atoms with Crippen LogP contribution < -0.4 is 0 Å². The maximum Gasteiger partial charge on any atom is 0.341 e. The highest BCUT2D eigenvalue weighted by molar-refractivity contribution is 5.84. The van der Waals surface area contributed by atoms with E-state index in [2.05, 4.69) is 20.8 Å². The van der Waals surface area contributed by atoms with E-state index in [4.69, 9.17) is 18.9 Å². The summed E-state index contributed by atoms with van der Waals surface area (Å²) in [5.41, 5.74) is -4.76. The van der Waals surface area contributed by atoms with Crippen LogP contribution in [0.25, 0.3) is 0 Å². The number of carbonyl (C=O) groups is 2. The van der Waals surface area contributed by atoms with E-state index in [0.29, 0.717) is 25.7 Å². The van der Waals surface area contributed by atoms with Gasteiger partial charge in [-0.1, -0.05) is 20.8 Å². The highest BCUT2D eigenvalue weighted by atomic mass is 16.8. The van der Waals surface area contributed by atoms with Crippen molar-refractivity contribution in [2.75, 3.05) is 0 Å². The molecule has 9 nitrogen and oxygen atoms in total. The summed E-state index contributed by atoms with van der Waals surface area (Å²) in [6, 6.07) is 0. The fraction of sp³-hybridized carbons (Fsp3) is 0.933. The molecule has 5 saturated carbocycles. The molecule has 9 heteroatoms. The van der Waals surface area contributed by atoms with Crippen molar-refractivity contribution in [2.45, 2.75) is 121 Å². The predicted molar refractivity (Wildman–Crippen MR) is 134 cm³/mol. The van der Waals surface area contributed by atoms with Gasteiger partial charge < -0.3 is 34.3 Å². The predicted octanol–water partition coefficient (Wildman–Crippen LogP) is 1.93. The van der Waals surface area contributed by atoms with Gasteiger partial charge in [-0.3, -0.25) is 4.79 Å². The minimum atomic E-state index is -1.73. The lowest BCUT2D eigenvalue weighted by molar-refractivity contribution is -0.255. The highest BCUT2D eigenvalue weighted by Gasteiger charge is 2.91. The third-order valence-corrected chi connectivity index (χ3v) is 14.4. The maximum absolute atomic E-state index is 13.0. The zero-order valence-electron chi connectivity index (χ0n) is 23.7. The van der Waals surface area contributed by atoms with Crippen LogP contribution in [0.2, 0.25) is 0 Å². The molecule has 39 heavy (non-hydrogen) atoms. The van der Waals surface area contributed by atoms with Gasteiger partial charge in [-0.25, -0.2) is 4.79 Å². The van der Waals surface area contributed by atoms with Gasteiger partial charge in [0, 0.05) is 30.6 Å². The minimum absolute atomic E-state index is 0.00191. The van der Waals surface area contributed by atoms with Crippen molar-refractivity contribution in [3.63, 3.8) is 0 Å². The molecule has 216 valence electrons. The van der Waals surface area contributed by atoms with Crippen molar-refractivity contribution < 1.29 is 43.9 Å². The smallest absolute Gasteiger partial charge is 0.341 e. The Labute approximate surface area is 228 Å². The molecule has 8 fully saturated rings. The van der Waals surface area contributed by atoms with Crippen LogP contribution in [0.3, 0.4) is 0 Å². The molecule has 0 aromatic heterocycles. The first-order valence-electron chi connectivity index (χ1n) is 14.9. The number of aliphatic hydroxyl groups is 3. The Morgan fingerprint density at radius 1 is 1.00 bits per heavy atom. The van der Waals surface area contributed by atoms with Crippen molar-refractivity contribution in [1.29, 1.82) is 0 Å². The molecule has 0 aromatic carbocycles. The molecule has 3 heterocycles. The van der Waals surface area contributed by atoms with E-state index in [0.717, 1.165) is 6.42 Å². The first-order chi connectivity index (χ1) is 18.1. The molecule has 0 amide bonds. The highest BCUT2D eigenvalue weighted by Crippen LogP contribution is 2.80. The number of aliphatic hydroxyl groups excluding tert-OH is 1. The third-order valence-electron chi connectivity index (χ3n) is 14.4. The van der Waals surface area contributed by atoms with Crippen molar-refractivity contribution in [3.05, 3.63) is 0 Å². The Hall–Kier alpha value is -1.26. The molecule has 17 atom stereocenters. The lowest BCUT2D eigenvalue weighted by Crippen LogP contribution is -2.69. The van der Waals surface area contributed by atoms with Crippen molar-refractivity contribution in [1.82, 2.24) is 0 Å². The largest absolute Gasteiger partial charge is 0.462 e. The van der Waals surface area contributed by atoms with Gasteiger partial charge in [0.2, 0.25) is 5.79 Å². The van der Waals surface area contributed by atoms with Crippen molar-refractivity contribution >= 4 is 11.9 Å². The van der Waals surface area contributed by atoms with Crippen LogP contribution in [0.5, 0.6) is 0 Å². The standard InChI is InChI=1S/C30H42O9/c1-12-22-16(27(5)28(6,34)24(33)39-30(27)23(12)38-30)7-15-21-14(8-20(26(15,22)4)36-13(2)31)25(3)10-18-19(37-18)11-29(25,35)9-17(21)32/h12,14-23,32,34-35H,7-11H2,1-6H3/t12-,14?,15-,16+,17-,18+,19-,20-,21?,22-,23+,25+,26+,27-,28+,29+,30-/m0/s1. The van der Waals surface area contributed by atoms with Gasteiger partial charge in [0.25, 0.3) is 0 Å². The van der Waals surface area contributed by atoms with Crippen molar-refractivity contribution in [3.8, 4) is 0 Å². The summed E-state index contributed by atoms with van der Waals surface area (Å²) in [6.45, 7) is 11.4. The number of rotatable bonds is 1. The summed E-state index contributed by atoms with van der Waals surface area (Å²) in [6.07, 6.45) is 1.49. The van der Waals surface area contributed by atoms with Crippen LogP contribution in [-0.4, -0.2) is 74.8 Å². The van der Waals surface area contributed by atoms with Gasteiger partial charge in [-0.2, -0.15) is 0 Å². The molecule has 0 aromatic rings. The zero-order valence-corrected chi connectivity index (χ0v) is 23.7. The van der Waals surface area contributed by atoms with Gasteiger partial charge in [0.1, 0.15) is 12.2 Å². The second kappa shape index (κ2) is 6.86. The molecule has 0 bridgehead atoms. The summed E-state index contributed by atoms with van der Waals surface area (Å²) >= 11 is 0. The summed E-state index contributed by atoms with van der Waals surface area (Å²) in [5, 5.41) is 35.6. The van der Waals surface area contributed by atoms with Crippen LogP contribution in [0.1, 0.15) is 73.6 Å². The normalized spacial score (nSPS) is 67.1. The van der Waals surface area contributed by atoms with E-state index in [1.54, 1.807) is 6.92 Å². The van der Waals surface area contributed by atoms with Gasteiger partial charge >= 0.3 is 11.9 Å². The molecular formula is C30H42O9. The molecule has 3 N–H and O–H groups in total. The van der Waals surface area contributed by atoms with Crippen LogP contribution in [0.15, 0.2) is 0 Å². The van der Waals surface area contributed by atoms with E-state index in [1.165, 1.54) is 6.92 Å². The molecule has 2 unspecified atom stereocenters. The molecule has 5 aliphatic carbocycles. The SMILES string of the molecule is CC(=O)O[C@H]1CC2C([C@@H](O)C[C@@]3(O)C[C@@H]4O[C@@H]4C[C@]23C)[C@@H]2C[C@@H]3[C@H]([C@H](C)[C@H]4O[C@]45OC(=O)[C@@](C)(O)[C@]35C)[C@@]12C. The Bertz CT molecular complexity index is 1190. The Morgan fingerprint density at radius 2 is 1.69 bits per heavy atom. The van der Waals surface area contributed by atoms with Crippen LogP contribution in [-0.2, 0) is 28.5 Å². The van der Waals surface area contributed by atoms with E-state index in [-0.39, 0.29) is 59.8 Å². The zero-order chi connectivity index (χ0) is 27.9. The Kier molecular flexibility index (Phi) is 4.47. The van der Waals surface area contributed by atoms with E-state index >= 15 is 0 Å². The molecule has 1 spiro atoms. The lowest BCUT2D eigenvalue weighted by Gasteiger charge is -2.65. The molecule has 8 aliphatic rings. The first kappa shape index (κ1) is 25.5. The Balaban J connectivity index is 1.28. The van der Waals surface area contributed by atoms with E-state index < -0.39 is 51.4 Å². The van der Waals surface area contributed by atoms with Gasteiger partial charge in [-0.05, 0) is 68.6 Å². The monoisotopic (exact) mass is 546 g/mol. The molecule has 3 saturated heterocycles. The second-order valence-corrected chi connectivity index (χ2v) is 15.4. The summed E-state index contributed by atoms with van der Waals surface area (Å²) < 4.78 is 24.2. The third kappa shape index (κ3) is 2.52. The fourth-order valence-corrected chi connectivity index (χ4v) is 12.2. The topological polar surface area (TPSA) is 138 Å². The van der Waals surface area contributed by atoms with Crippen LogP contribution in [0.4, 0.5) is 0 Å². The quantitative estimate of drug-likeness (QED) is 0.333. The van der Waals surface area contributed by atoms with Gasteiger partial charge in [0.15, 0.2) is 5.60 Å². The number of esters is 2. The number of fused-ring (bicyclic) bond motifs is 9. The summed E-state index contributed by atoms with van der Waals surface area (Å²) in [5.74, 6) is -2.53. The molecule has 3 aliphatic heterocycles. The van der Waals surface area contributed by atoms with Crippen LogP contribution >= 0.6 is 0 Å². The number of carbonyl (C=O) groups excluding carboxylic acids is 2.